The molecule has 0 radical (unpaired) electrons. The predicted octanol–water partition coefficient (Wildman–Crippen LogP) is 2.27. The average molecular weight is 306 g/mol. The minimum atomic E-state index is -3.93. The molecule has 110 valence electrons. The lowest BCUT2D eigenvalue weighted by Crippen LogP contribution is -2.25. The minimum Gasteiger partial charge on any atom is -0.312 e. The second-order valence-corrected chi connectivity index (χ2v) is 6.56. The van der Waals surface area contributed by atoms with E-state index in [1.54, 1.807) is 6.07 Å². The molecule has 1 aliphatic rings. The van der Waals surface area contributed by atoms with Gasteiger partial charge in [0.2, 0.25) is 0 Å². The fourth-order valence-corrected chi connectivity index (χ4v) is 3.65. The molecule has 2 aromatic rings. The van der Waals surface area contributed by atoms with Gasteiger partial charge < -0.3 is 5.32 Å². The minimum absolute atomic E-state index is 0.341. The van der Waals surface area contributed by atoms with E-state index in [9.17, 15) is 12.8 Å². The van der Waals surface area contributed by atoms with E-state index in [-0.39, 0.29) is 4.90 Å². The van der Waals surface area contributed by atoms with E-state index >= 15 is 0 Å². The molecule has 0 amide bonds. The van der Waals surface area contributed by atoms with E-state index in [0.29, 0.717) is 12.2 Å². The molecule has 0 unspecified atom stereocenters. The molecule has 0 aliphatic carbocycles. The van der Waals surface area contributed by atoms with Crippen LogP contribution in [0.1, 0.15) is 11.1 Å². The maximum atomic E-state index is 13.7. The van der Waals surface area contributed by atoms with Crippen molar-refractivity contribution in [3.63, 3.8) is 0 Å². The third-order valence-electron chi connectivity index (χ3n) is 3.52. The van der Waals surface area contributed by atoms with Crippen LogP contribution in [0, 0.1) is 5.82 Å². The molecule has 1 heterocycles. The molecule has 2 aromatic carbocycles. The quantitative estimate of drug-likeness (QED) is 0.914. The summed E-state index contributed by atoms with van der Waals surface area (Å²) in [6.45, 7) is 1.47. The number of hydrogen-bond acceptors (Lipinski definition) is 3. The smallest absolute Gasteiger partial charge is 0.264 e. The molecule has 21 heavy (non-hydrogen) atoms. The first-order valence-corrected chi connectivity index (χ1v) is 8.15. The lowest BCUT2D eigenvalue weighted by molar-refractivity contribution is 0.570. The van der Waals surface area contributed by atoms with Crippen LogP contribution in [0.25, 0.3) is 0 Å². The second-order valence-electron chi connectivity index (χ2n) is 4.91. The first-order valence-electron chi connectivity index (χ1n) is 6.67. The number of benzene rings is 2. The number of halogens is 1. The normalized spacial score (nSPS) is 14.5. The van der Waals surface area contributed by atoms with Crippen LogP contribution in [0.5, 0.6) is 0 Å². The van der Waals surface area contributed by atoms with Crippen LogP contribution in [0.15, 0.2) is 47.4 Å². The molecule has 0 aromatic heterocycles. The molecular weight excluding hydrogens is 291 g/mol. The van der Waals surface area contributed by atoms with E-state index in [4.69, 9.17) is 0 Å². The zero-order valence-electron chi connectivity index (χ0n) is 11.3. The van der Waals surface area contributed by atoms with Crippen molar-refractivity contribution in [1.82, 2.24) is 5.32 Å². The molecule has 2 N–H and O–H groups in total. The molecule has 6 heteroatoms. The van der Waals surface area contributed by atoms with Gasteiger partial charge >= 0.3 is 0 Å². The Morgan fingerprint density at radius 2 is 1.90 bits per heavy atom. The highest BCUT2D eigenvalue weighted by atomic mass is 32.2. The standard InChI is InChI=1S/C15H15FN2O2S/c16-13-5-1-2-7-15(13)21(19,20)18-14-6-3-4-11-8-9-17-10-12(11)14/h1-7,17-18H,8-10H2. The lowest BCUT2D eigenvalue weighted by Gasteiger charge is -2.21. The van der Waals surface area contributed by atoms with Crippen LogP contribution < -0.4 is 10.0 Å². The van der Waals surface area contributed by atoms with Gasteiger partial charge in [-0.1, -0.05) is 24.3 Å². The van der Waals surface area contributed by atoms with E-state index in [0.717, 1.165) is 30.2 Å². The Morgan fingerprint density at radius 1 is 1.10 bits per heavy atom. The van der Waals surface area contributed by atoms with Crippen LogP contribution in [0.3, 0.4) is 0 Å². The maximum absolute atomic E-state index is 13.7. The van der Waals surface area contributed by atoms with Gasteiger partial charge in [0.1, 0.15) is 10.7 Å². The van der Waals surface area contributed by atoms with Crippen molar-refractivity contribution in [2.45, 2.75) is 17.9 Å². The van der Waals surface area contributed by atoms with E-state index < -0.39 is 15.8 Å². The highest BCUT2D eigenvalue weighted by Gasteiger charge is 2.21. The van der Waals surface area contributed by atoms with Gasteiger partial charge in [0.25, 0.3) is 10.0 Å². The third kappa shape index (κ3) is 2.77. The van der Waals surface area contributed by atoms with Gasteiger partial charge in [0.05, 0.1) is 5.69 Å². The molecule has 0 bridgehead atoms. The van der Waals surface area contributed by atoms with Crippen molar-refractivity contribution in [2.24, 2.45) is 0 Å². The molecule has 0 saturated carbocycles. The van der Waals surface area contributed by atoms with Crippen molar-refractivity contribution in [2.75, 3.05) is 11.3 Å². The number of fused-ring (bicyclic) bond motifs is 1. The Hall–Kier alpha value is -1.92. The number of sulfonamides is 1. The number of nitrogens with one attached hydrogen (secondary N) is 2. The maximum Gasteiger partial charge on any atom is 0.264 e. The van der Waals surface area contributed by atoms with Gasteiger partial charge in [-0.25, -0.2) is 12.8 Å². The fraction of sp³-hybridized carbons (Fsp3) is 0.200. The van der Waals surface area contributed by atoms with Gasteiger partial charge in [0.15, 0.2) is 0 Å². The molecule has 3 rings (SSSR count). The molecular formula is C15H15FN2O2S. The largest absolute Gasteiger partial charge is 0.312 e. The highest BCUT2D eigenvalue weighted by Crippen LogP contribution is 2.26. The topological polar surface area (TPSA) is 58.2 Å². The monoisotopic (exact) mass is 306 g/mol. The molecule has 0 spiro atoms. The number of hydrogen-bond donors (Lipinski definition) is 2. The van der Waals surface area contributed by atoms with Crippen LogP contribution in [-0.4, -0.2) is 15.0 Å². The molecule has 0 atom stereocenters. The van der Waals surface area contributed by atoms with Crippen molar-refractivity contribution < 1.29 is 12.8 Å². The van der Waals surface area contributed by atoms with Gasteiger partial charge in [-0.2, -0.15) is 0 Å². The predicted molar refractivity (Wildman–Crippen MR) is 79.1 cm³/mol. The summed E-state index contributed by atoms with van der Waals surface area (Å²) in [5.74, 6) is -0.757. The van der Waals surface area contributed by atoms with Crippen LogP contribution >= 0.6 is 0 Å². The summed E-state index contributed by atoms with van der Waals surface area (Å²) in [4.78, 5) is -0.341. The molecule has 0 saturated heterocycles. The van der Waals surface area contributed by atoms with E-state index in [1.807, 2.05) is 12.1 Å². The fourth-order valence-electron chi connectivity index (χ4n) is 2.47. The Balaban J connectivity index is 1.99. The molecule has 1 aliphatic heterocycles. The van der Waals surface area contributed by atoms with Gasteiger partial charge in [0, 0.05) is 6.54 Å². The SMILES string of the molecule is O=S(=O)(Nc1cccc2c1CNCC2)c1ccccc1F. The van der Waals surface area contributed by atoms with Gasteiger partial charge in [-0.05, 0) is 42.3 Å². The van der Waals surface area contributed by atoms with Crippen molar-refractivity contribution >= 4 is 15.7 Å². The lowest BCUT2D eigenvalue weighted by atomic mass is 10.00. The average Bonchev–Trinajstić information content (AvgIpc) is 2.47. The Labute approximate surface area is 123 Å². The van der Waals surface area contributed by atoms with Crippen molar-refractivity contribution in [3.05, 3.63) is 59.4 Å². The zero-order chi connectivity index (χ0) is 14.9. The van der Waals surface area contributed by atoms with Gasteiger partial charge in [-0.3, -0.25) is 4.72 Å². The van der Waals surface area contributed by atoms with E-state index in [1.165, 1.54) is 18.2 Å². The summed E-state index contributed by atoms with van der Waals surface area (Å²) >= 11 is 0. The summed E-state index contributed by atoms with van der Waals surface area (Å²) in [6.07, 6.45) is 0.852. The van der Waals surface area contributed by atoms with Crippen LogP contribution in [-0.2, 0) is 23.0 Å². The third-order valence-corrected chi connectivity index (χ3v) is 4.92. The number of anilines is 1. The first-order chi connectivity index (χ1) is 10.1. The summed E-state index contributed by atoms with van der Waals surface area (Å²) in [6, 6.07) is 10.8. The number of rotatable bonds is 3. The molecule has 4 nitrogen and oxygen atoms in total. The Bertz CT molecular complexity index is 775. The van der Waals surface area contributed by atoms with Crippen molar-refractivity contribution in [3.8, 4) is 0 Å². The van der Waals surface area contributed by atoms with Gasteiger partial charge in [-0.15, -0.1) is 0 Å². The summed E-state index contributed by atoms with van der Waals surface area (Å²) in [5.41, 5.74) is 2.54. The first kappa shape index (κ1) is 14.0. The van der Waals surface area contributed by atoms with Crippen molar-refractivity contribution in [1.29, 1.82) is 0 Å². The molecule has 0 fully saturated rings. The Kier molecular flexibility index (Phi) is 3.65. The summed E-state index contributed by atoms with van der Waals surface area (Å²) < 4.78 is 40.9. The van der Waals surface area contributed by atoms with Crippen LogP contribution in [0.2, 0.25) is 0 Å². The summed E-state index contributed by atoms with van der Waals surface area (Å²) in [7, 11) is -3.93. The van der Waals surface area contributed by atoms with E-state index in [2.05, 4.69) is 10.0 Å². The zero-order valence-corrected chi connectivity index (χ0v) is 12.1. The van der Waals surface area contributed by atoms with Crippen LogP contribution in [0.4, 0.5) is 10.1 Å². The summed E-state index contributed by atoms with van der Waals surface area (Å²) in [5, 5.41) is 3.21. The second kappa shape index (κ2) is 5.46. The Morgan fingerprint density at radius 3 is 2.71 bits per heavy atom. The highest BCUT2D eigenvalue weighted by molar-refractivity contribution is 7.92.